The number of benzene rings is 1. The fraction of sp³-hybridized carbons (Fsp3) is 0.133. The average Bonchev–Trinajstić information content (AvgIpc) is 2.37. The third kappa shape index (κ3) is 3.26. The summed E-state index contributed by atoms with van der Waals surface area (Å²) in [4.78, 5) is 3.97. The van der Waals surface area contributed by atoms with E-state index in [1.165, 1.54) is 0 Å². The first kappa shape index (κ1) is 12.5. The van der Waals surface area contributed by atoms with Gasteiger partial charge in [0.05, 0.1) is 14.1 Å². The van der Waals surface area contributed by atoms with Crippen molar-refractivity contribution in [2.75, 3.05) is 14.1 Å². The van der Waals surface area contributed by atoms with Gasteiger partial charge < -0.3 is 9.85 Å². The molecule has 1 aromatic heterocycles. The van der Waals surface area contributed by atoms with Gasteiger partial charge >= 0.3 is 0 Å². The molecule has 0 aliphatic rings. The predicted molar refractivity (Wildman–Crippen MR) is 76.6 cm³/mol. The summed E-state index contributed by atoms with van der Waals surface area (Å²) in [5.74, 6) is 0. The second kappa shape index (κ2) is 5.12. The molecule has 0 amide bonds. The maximum absolute atomic E-state index is 11.7. The zero-order chi connectivity index (χ0) is 13.0. The lowest BCUT2D eigenvalue weighted by Gasteiger charge is -2.33. The van der Waals surface area contributed by atoms with E-state index in [0.29, 0.717) is 0 Å². The van der Waals surface area contributed by atoms with Gasteiger partial charge in [0.2, 0.25) is 0 Å². The second-order valence-electron chi connectivity index (χ2n) is 4.56. The van der Waals surface area contributed by atoms with Crippen LogP contribution in [0, 0.1) is 5.21 Å². The van der Waals surface area contributed by atoms with Gasteiger partial charge in [-0.3, -0.25) is 4.98 Å². The molecular weight excluding hydrogens is 224 g/mol. The molecule has 0 atom stereocenters. The summed E-state index contributed by atoms with van der Waals surface area (Å²) in [7, 11) is 3.23. The van der Waals surface area contributed by atoms with Gasteiger partial charge in [0, 0.05) is 12.4 Å². The predicted octanol–water partition coefficient (Wildman–Crippen LogP) is 3.32. The summed E-state index contributed by atoms with van der Waals surface area (Å²) >= 11 is 0. The van der Waals surface area contributed by atoms with E-state index in [1.807, 2.05) is 48.6 Å². The first-order valence-corrected chi connectivity index (χ1v) is 5.79. The van der Waals surface area contributed by atoms with Crippen LogP contribution in [0.2, 0.25) is 0 Å². The van der Waals surface area contributed by atoms with Gasteiger partial charge in [-0.15, -0.1) is 0 Å². The van der Waals surface area contributed by atoms with Gasteiger partial charge in [-0.2, -0.15) is 0 Å². The molecule has 0 unspecified atom stereocenters. The van der Waals surface area contributed by atoms with Gasteiger partial charge in [0.1, 0.15) is 5.69 Å². The Bertz CT molecular complexity index is 525. The maximum Gasteiger partial charge on any atom is 0.132 e. The molecule has 0 spiro atoms. The number of hydroxylamine groups is 2. The molecule has 0 radical (unpaired) electrons. The van der Waals surface area contributed by atoms with E-state index in [1.54, 1.807) is 26.5 Å². The summed E-state index contributed by atoms with van der Waals surface area (Å²) in [6.45, 7) is 0. The van der Waals surface area contributed by atoms with Crippen molar-refractivity contribution < 1.29 is 0 Å². The van der Waals surface area contributed by atoms with Crippen LogP contribution in [-0.4, -0.2) is 19.1 Å². The summed E-state index contributed by atoms with van der Waals surface area (Å²) in [6.07, 6.45) is 7.57. The molecule has 1 heterocycles. The van der Waals surface area contributed by atoms with Gasteiger partial charge in [-0.05, 0) is 47.5 Å². The standard InChI is InChI=1S/C15H16N2O/c1-17(2,18)15-7-5-13(6-8-15)3-4-14-9-11-16-12-10-14/h3-12H,1-2H3/b4-3+. The number of aromatic nitrogens is 1. The van der Waals surface area contributed by atoms with Crippen molar-refractivity contribution >= 4 is 17.8 Å². The second-order valence-corrected chi connectivity index (χ2v) is 4.56. The summed E-state index contributed by atoms with van der Waals surface area (Å²) in [5.41, 5.74) is 2.93. The Labute approximate surface area is 107 Å². The van der Waals surface area contributed by atoms with Crippen LogP contribution >= 0.6 is 0 Å². The van der Waals surface area contributed by atoms with Gasteiger partial charge in [-0.1, -0.05) is 12.2 Å². The minimum absolute atomic E-state index is 0.408. The van der Waals surface area contributed by atoms with Crippen molar-refractivity contribution in [3.8, 4) is 0 Å². The molecule has 0 bridgehead atoms. The molecule has 0 N–H and O–H groups in total. The number of nitrogens with zero attached hydrogens (tertiary/aromatic N) is 2. The topological polar surface area (TPSA) is 36.0 Å². The van der Waals surface area contributed by atoms with E-state index in [9.17, 15) is 5.21 Å². The van der Waals surface area contributed by atoms with Gasteiger partial charge in [0.25, 0.3) is 0 Å². The monoisotopic (exact) mass is 240 g/mol. The molecule has 0 fully saturated rings. The van der Waals surface area contributed by atoms with Crippen LogP contribution in [0.15, 0.2) is 48.8 Å². The van der Waals surface area contributed by atoms with E-state index in [0.717, 1.165) is 16.8 Å². The number of hydrogen-bond donors (Lipinski definition) is 0. The van der Waals surface area contributed by atoms with Crippen LogP contribution < -0.4 is 4.65 Å². The SMILES string of the molecule is C[N+](C)([O-])c1ccc(/C=C/c2ccncc2)cc1. The minimum atomic E-state index is -0.408. The molecule has 3 heteroatoms. The van der Waals surface area contributed by atoms with Crippen LogP contribution in [0.4, 0.5) is 5.69 Å². The van der Waals surface area contributed by atoms with Crippen molar-refractivity contribution in [3.05, 3.63) is 65.1 Å². The van der Waals surface area contributed by atoms with Crippen LogP contribution in [0.25, 0.3) is 12.2 Å². The summed E-state index contributed by atoms with van der Waals surface area (Å²) in [6, 6.07) is 11.5. The molecule has 0 aliphatic heterocycles. The largest absolute Gasteiger partial charge is 0.628 e. The molecule has 2 rings (SSSR count). The Morgan fingerprint density at radius 2 is 1.39 bits per heavy atom. The van der Waals surface area contributed by atoms with Crippen molar-refractivity contribution in [2.24, 2.45) is 0 Å². The Morgan fingerprint density at radius 3 is 1.89 bits per heavy atom. The van der Waals surface area contributed by atoms with Crippen LogP contribution in [0.1, 0.15) is 11.1 Å². The van der Waals surface area contributed by atoms with Crippen molar-refractivity contribution in [3.63, 3.8) is 0 Å². The highest BCUT2D eigenvalue weighted by Gasteiger charge is 2.05. The summed E-state index contributed by atoms with van der Waals surface area (Å²) in [5, 5.41) is 11.7. The Morgan fingerprint density at radius 1 is 0.889 bits per heavy atom. The smallest absolute Gasteiger partial charge is 0.132 e. The number of pyridine rings is 1. The van der Waals surface area contributed by atoms with Crippen molar-refractivity contribution in [1.82, 2.24) is 9.63 Å². The van der Waals surface area contributed by atoms with E-state index < -0.39 is 4.65 Å². The first-order valence-electron chi connectivity index (χ1n) is 5.79. The lowest BCUT2D eigenvalue weighted by atomic mass is 10.1. The zero-order valence-corrected chi connectivity index (χ0v) is 10.6. The Kier molecular flexibility index (Phi) is 3.55. The van der Waals surface area contributed by atoms with E-state index in [4.69, 9.17) is 0 Å². The van der Waals surface area contributed by atoms with Crippen molar-refractivity contribution in [1.29, 1.82) is 0 Å². The molecule has 92 valence electrons. The maximum atomic E-state index is 11.7. The average molecular weight is 240 g/mol. The highest BCUT2D eigenvalue weighted by molar-refractivity contribution is 5.70. The summed E-state index contributed by atoms with van der Waals surface area (Å²) < 4.78 is -0.408. The number of hydrogen-bond acceptors (Lipinski definition) is 2. The first-order chi connectivity index (χ1) is 8.55. The molecule has 18 heavy (non-hydrogen) atoms. The van der Waals surface area contributed by atoms with Gasteiger partial charge in [-0.25, -0.2) is 0 Å². The third-order valence-electron chi connectivity index (χ3n) is 2.69. The van der Waals surface area contributed by atoms with Crippen LogP contribution in [-0.2, 0) is 0 Å². The zero-order valence-electron chi connectivity index (χ0n) is 10.6. The molecule has 3 nitrogen and oxygen atoms in total. The molecule has 0 saturated heterocycles. The quantitative estimate of drug-likeness (QED) is 0.609. The fourth-order valence-corrected chi connectivity index (χ4v) is 1.61. The lowest BCUT2D eigenvalue weighted by Crippen LogP contribution is -2.32. The van der Waals surface area contributed by atoms with Crippen LogP contribution in [0.3, 0.4) is 0 Å². The molecule has 2 aromatic rings. The lowest BCUT2D eigenvalue weighted by molar-refractivity contribution is 0.543. The van der Waals surface area contributed by atoms with Crippen LogP contribution in [0.5, 0.6) is 0 Å². The highest BCUT2D eigenvalue weighted by Crippen LogP contribution is 2.19. The Balaban J connectivity index is 2.14. The van der Waals surface area contributed by atoms with E-state index >= 15 is 0 Å². The molecule has 1 aromatic carbocycles. The highest BCUT2D eigenvalue weighted by atomic mass is 16.5. The molecule has 0 aliphatic carbocycles. The minimum Gasteiger partial charge on any atom is -0.628 e. The third-order valence-corrected chi connectivity index (χ3v) is 2.69. The van der Waals surface area contributed by atoms with E-state index in [2.05, 4.69) is 4.98 Å². The van der Waals surface area contributed by atoms with E-state index in [-0.39, 0.29) is 0 Å². The molecular formula is C15H16N2O. The molecule has 0 saturated carbocycles. The number of rotatable bonds is 3. The fourth-order valence-electron chi connectivity index (χ4n) is 1.61. The number of quaternary nitrogens is 1. The van der Waals surface area contributed by atoms with Gasteiger partial charge in [0.15, 0.2) is 0 Å². The Hall–Kier alpha value is -1.97. The normalized spacial score (nSPS) is 11.9. The van der Waals surface area contributed by atoms with Crippen molar-refractivity contribution in [2.45, 2.75) is 0 Å².